The fraction of sp³-hybridized carbons (Fsp3) is 0.333. The molecule has 2 aromatic rings. The Balaban J connectivity index is 2.11. The fourth-order valence-electron chi connectivity index (χ4n) is 1.69. The first-order valence-electron chi connectivity index (χ1n) is 6.08. The minimum Gasteiger partial charge on any atom is -0.493 e. The van der Waals surface area contributed by atoms with Crippen molar-refractivity contribution in [2.75, 3.05) is 12.4 Å². The minimum atomic E-state index is -4.55. The highest BCUT2D eigenvalue weighted by atomic mass is 19.4. The fourth-order valence-corrected chi connectivity index (χ4v) is 1.69. The zero-order valence-corrected chi connectivity index (χ0v) is 11.7. The molecule has 0 aliphatic heterocycles. The number of alkyl halides is 3. The van der Waals surface area contributed by atoms with E-state index in [0.29, 0.717) is 0 Å². The number of hydrogen-bond donors (Lipinski definition) is 1. The summed E-state index contributed by atoms with van der Waals surface area (Å²) in [7, 11) is 1.39. The number of hydrogen-bond acceptors (Lipinski definition) is 5. The summed E-state index contributed by atoms with van der Waals surface area (Å²) in [5, 5.41) is 13.0. The number of rotatable bonds is 4. The lowest BCUT2D eigenvalue weighted by Crippen LogP contribution is -2.21. The third-order valence-electron chi connectivity index (χ3n) is 2.73. The summed E-state index contributed by atoms with van der Waals surface area (Å²) in [6.45, 7) is 1.04. The maximum Gasteiger partial charge on any atom is 0.435 e. The van der Waals surface area contributed by atoms with Gasteiger partial charge in [0.1, 0.15) is 6.54 Å². The molecule has 0 fully saturated rings. The van der Waals surface area contributed by atoms with Crippen molar-refractivity contribution in [3.05, 3.63) is 29.7 Å². The normalized spacial score (nSPS) is 11.3. The third-order valence-corrected chi connectivity index (χ3v) is 2.73. The Labute approximate surface area is 123 Å². The SMILES string of the molecule is COc1ccnnc1NC(=O)Cn1nc(C(F)(F)F)cc1C. The van der Waals surface area contributed by atoms with Gasteiger partial charge < -0.3 is 10.1 Å². The van der Waals surface area contributed by atoms with E-state index < -0.39 is 17.8 Å². The Bertz CT molecular complexity index is 684. The number of carbonyl (C=O) groups excluding carboxylic acids is 1. The molecule has 0 unspecified atom stereocenters. The van der Waals surface area contributed by atoms with Crippen LogP contribution in [-0.2, 0) is 17.5 Å². The molecule has 0 spiro atoms. The smallest absolute Gasteiger partial charge is 0.435 e. The quantitative estimate of drug-likeness (QED) is 0.927. The molecule has 0 atom stereocenters. The number of anilines is 1. The summed E-state index contributed by atoms with van der Waals surface area (Å²) in [4.78, 5) is 11.9. The van der Waals surface area contributed by atoms with Crippen LogP contribution in [0.4, 0.5) is 19.0 Å². The van der Waals surface area contributed by atoms with Gasteiger partial charge in [0.25, 0.3) is 0 Å². The van der Waals surface area contributed by atoms with E-state index in [1.807, 2.05) is 0 Å². The molecule has 2 aromatic heterocycles. The molecule has 0 aliphatic carbocycles. The Kier molecular flexibility index (Phi) is 4.29. The van der Waals surface area contributed by atoms with Crippen LogP contribution in [0.1, 0.15) is 11.4 Å². The van der Waals surface area contributed by atoms with E-state index in [1.54, 1.807) is 0 Å². The van der Waals surface area contributed by atoms with Crippen molar-refractivity contribution in [1.82, 2.24) is 20.0 Å². The van der Waals surface area contributed by atoms with Crippen LogP contribution in [0.5, 0.6) is 5.75 Å². The van der Waals surface area contributed by atoms with Crippen LogP contribution in [0.15, 0.2) is 18.3 Å². The van der Waals surface area contributed by atoms with Crippen LogP contribution in [0.25, 0.3) is 0 Å². The predicted octanol–water partition coefficient (Wildman–Crippen LogP) is 1.65. The van der Waals surface area contributed by atoms with E-state index in [9.17, 15) is 18.0 Å². The molecule has 0 bridgehead atoms. The van der Waals surface area contributed by atoms with Gasteiger partial charge in [-0.15, -0.1) is 5.10 Å². The summed E-state index contributed by atoms with van der Waals surface area (Å²) in [5.74, 6) is -0.230. The van der Waals surface area contributed by atoms with E-state index in [1.165, 1.54) is 26.3 Å². The topological polar surface area (TPSA) is 81.9 Å². The average molecular weight is 315 g/mol. The molecule has 0 saturated heterocycles. The molecule has 0 radical (unpaired) electrons. The number of aryl methyl sites for hydroxylation is 1. The largest absolute Gasteiger partial charge is 0.493 e. The summed E-state index contributed by atoms with van der Waals surface area (Å²) >= 11 is 0. The van der Waals surface area contributed by atoms with Crippen molar-refractivity contribution in [2.45, 2.75) is 19.6 Å². The van der Waals surface area contributed by atoms with Crippen molar-refractivity contribution >= 4 is 11.7 Å². The zero-order valence-electron chi connectivity index (χ0n) is 11.7. The van der Waals surface area contributed by atoms with Crippen molar-refractivity contribution in [1.29, 1.82) is 0 Å². The second-order valence-electron chi connectivity index (χ2n) is 4.32. The number of methoxy groups -OCH3 is 1. The lowest BCUT2D eigenvalue weighted by atomic mass is 10.3. The highest BCUT2D eigenvalue weighted by Gasteiger charge is 2.34. The van der Waals surface area contributed by atoms with Gasteiger partial charge in [0, 0.05) is 11.8 Å². The number of nitrogens with one attached hydrogen (secondary N) is 1. The van der Waals surface area contributed by atoms with Crippen molar-refractivity contribution in [3.63, 3.8) is 0 Å². The molecular weight excluding hydrogens is 303 g/mol. The van der Waals surface area contributed by atoms with Crippen LogP contribution in [0, 0.1) is 6.92 Å². The van der Waals surface area contributed by atoms with Gasteiger partial charge in [-0.2, -0.15) is 23.4 Å². The van der Waals surface area contributed by atoms with Gasteiger partial charge in [-0.05, 0) is 13.0 Å². The Hall–Kier alpha value is -2.65. The van der Waals surface area contributed by atoms with Gasteiger partial charge in [0.2, 0.25) is 5.91 Å². The Morgan fingerprint density at radius 1 is 1.45 bits per heavy atom. The van der Waals surface area contributed by atoms with Gasteiger partial charge in [0.15, 0.2) is 17.3 Å². The Morgan fingerprint density at radius 2 is 2.18 bits per heavy atom. The molecule has 0 aromatic carbocycles. The van der Waals surface area contributed by atoms with Gasteiger partial charge >= 0.3 is 6.18 Å². The second kappa shape index (κ2) is 6.00. The van der Waals surface area contributed by atoms with Gasteiger partial charge in [-0.25, -0.2) is 0 Å². The molecule has 118 valence electrons. The number of ether oxygens (including phenoxy) is 1. The van der Waals surface area contributed by atoms with E-state index in [4.69, 9.17) is 4.74 Å². The summed E-state index contributed by atoms with van der Waals surface area (Å²) in [6.07, 6.45) is -3.18. The van der Waals surface area contributed by atoms with Crippen LogP contribution >= 0.6 is 0 Å². The molecule has 1 N–H and O–H groups in total. The first-order chi connectivity index (χ1) is 10.3. The van der Waals surface area contributed by atoms with Crippen molar-refractivity contribution in [2.24, 2.45) is 0 Å². The molecule has 0 saturated carbocycles. The number of nitrogens with zero attached hydrogens (tertiary/aromatic N) is 4. The van der Waals surface area contributed by atoms with Crippen LogP contribution in [-0.4, -0.2) is 33.0 Å². The maximum atomic E-state index is 12.6. The number of halogens is 3. The maximum absolute atomic E-state index is 12.6. The second-order valence-corrected chi connectivity index (χ2v) is 4.32. The highest BCUT2D eigenvalue weighted by Crippen LogP contribution is 2.28. The summed E-state index contributed by atoms with van der Waals surface area (Å²) in [6, 6.07) is 2.36. The van der Waals surface area contributed by atoms with Gasteiger partial charge in [-0.1, -0.05) is 0 Å². The standard InChI is InChI=1S/C12H12F3N5O2/c1-7-5-9(12(13,14)15)19-20(7)6-10(21)17-11-8(22-2)3-4-16-18-11/h3-5H,6H2,1-2H3,(H,17,18,21). The average Bonchev–Trinajstić information content (AvgIpc) is 2.80. The summed E-state index contributed by atoms with van der Waals surface area (Å²) < 4.78 is 43.6. The summed E-state index contributed by atoms with van der Waals surface area (Å²) in [5.41, 5.74) is -0.830. The molecule has 1 amide bonds. The zero-order chi connectivity index (χ0) is 16.3. The van der Waals surface area contributed by atoms with Crippen LogP contribution in [0.2, 0.25) is 0 Å². The lowest BCUT2D eigenvalue weighted by molar-refractivity contribution is -0.141. The first kappa shape index (κ1) is 15.7. The molecule has 10 heteroatoms. The number of carbonyl (C=O) groups is 1. The molecule has 7 nitrogen and oxygen atoms in total. The van der Waals surface area contributed by atoms with Crippen LogP contribution in [0.3, 0.4) is 0 Å². The lowest BCUT2D eigenvalue weighted by Gasteiger charge is -2.08. The van der Waals surface area contributed by atoms with E-state index in [-0.39, 0.29) is 23.8 Å². The van der Waals surface area contributed by atoms with E-state index >= 15 is 0 Å². The first-order valence-corrected chi connectivity index (χ1v) is 6.08. The van der Waals surface area contributed by atoms with Gasteiger partial charge in [0.05, 0.1) is 13.3 Å². The molecule has 22 heavy (non-hydrogen) atoms. The van der Waals surface area contributed by atoms with E-state index in [0.717, 1.165) is 10.7 Å². The molecule has 2 heterocycles. The molecule has 0 aliphatic rings. The Morgan fingerprint density at radius 3 is 2.77 bits per heavy atom. The van der Waals surface area contributed by atoms with Gasteiger partial charge in [-0.3, -0.25) is 9.48 Å². The van der Waals surface area contributed by atoms with E-state index in [2.05, 4.69) is 20.6 Å². The minimum absolute atomic E-state index is 0.0795. The molecular formula is C12H12F3N5O2. The van der Waals surface area contributed by atoms with Crippen molar-refractivity contribution < 1.29 is 22.7 Å². The van der Waals surface area contributed by atoms with Crippen LogP contribution < -0.4 is 10.1 Å². The predicted molar refractivity (Wildman–Crippen MR) is 69.2 cm³/mol. The molecule has 2 rings (SSSR count). The number of amides is 1. The highest BCUT2D eigenvalue weighted by molar-refractivity contribution is 5.90. The number of aromatic nitrogens is 4. The monoisotopic (exact) mass is 315 g/mol. The van der Waals surface area contributed by atoms with Crippen molar-refractivity contribution in [3.8, 4) is 5.75 Å². The third kappa shape index (κ3) is 3.51.